The summed E-state index contributed by atoms with van der Waals surface area (Å²) in [6, 6.07) is 8.26. The molecule has 0 amide bonds. The molecule has 1 aromatic heterocycles. The summed E-state index contributed by atoms with van der Waals surface area (Å²) in [6.45, 7) is 2.16. The predicted molar refractivity (Wildman–Crippen MR) is 46.6 cm³/mol. The number of fused-ring (bicyclic) bond motifs is 1. The first kappa shape index (κ1) is 77.0. The van der Waals surface area contributed by atoms with Crippen molar-refractivity contribution >= 4 is 10.9 Å². The fraction of sp³-hybridized carbons (Fsp3) is 0.200. The summed E-state index contributed by atoms with van der Waals surface area (Å²) in [5, 5.41) is 1.30. The van der Waals surface area contributed by atoms with Crippen molar-refractivity contribution in [1.29, 1.82) is 0 Å². The van der Waals surface area contributed by atoms with E-state index in [9.17, 15) is 0 Å². The average molecular weight is 2530 g/mol. The first-order valence-electron chi connectivity index (χ1n) is 3.91. The van der Waals surface area contributed by atoms with Crippen LogP contribution in [-0.4, -0.2) is 0 Å². The number of nitrogens with zero attached hydrogens (tertiary/aromatic N) is 1. The van der Waals surface area contributed by atoms with Crippen molar-refractivity contribution in [1.82, 2.24) is 4.98 Å². The van der Waals surface area contributed by atoms with E-state index in [2.05, 4.69) is 30.1 Å². The second-order valence-electron chi connectivity index (χ2n) is 2.65. The molecular formula is C10H10NW13-. The maximum Gasteiger partial charge on any atom is 0 e. The SMILES string of the molecule is CCc1c[n-]c2ccccc12.[W].[W].[W].[W].[W].[W].[W].[W].[W].[W].[W].[W].[W]. The number of benzene rings is 1. The van der Waals surface area contributed by atoms with E-state index in [0.717, 1.165) is 11.9 Å². The summed E-state index contributed by atoms with van der Waals surface area (Å²) in [4.78, 5) is 4.29. The van der Waals surface area contributed by atoms with Gasteiger partial charge in [0.05, 0.1) is 0 Å². The van der Waals surface area contributed by atoms with E-state index in [1.807, 2.05) is 12.3 Å². The second-order valence-corrected chi connectivity index (χ2v) is 2.65. The topological polar surface area (TPSA) is 14.1 Å². The van der Waals surface area contributed by atoms with Crippen LogP contribution in [-0.2, 0) is 280 Å². The minimum atomic E-state index is 0. The Morgan fingerprint density at radius 1 is 0.625 bits per heavy atom. The van der Waals surface area contributed by atoms with Gasteiger partial charge in [-0.15, -0.1) is 5.52 Å². The van der Waals surface area contributed by atoms with E-state index in [0.29, 0.717) is 0 Å². The Morgan fingerprint density at radius 2 is 1.00 bits per heavy atom. The predicted octanol–water partition coefficient (Wildman–Crippen LogP) is 2.33. The molecule has 0 atom stereocenters. The van der Waals surface area contributed by atoms with Gasteiger partial charge < -0.3 is 4.98 Å². The Morgan fingerprint density at radius 3 is 1.38 bits per heavy atom. The molecule has 1 aromatic carbocycles. The smallest absolute Gasteiger partial charge is 0 e. The summed E-state index contributed by atoms with van der Waals surface area (Å²) >= 11 is 0. The molecule has 0 aliphatic heterocycles. The van der Waals surface area contributed by atoms with Crippen LogP contribution in [0.4, 0.5) is 0 Å². The van der Waals surface area contributed by atoms with Gasteiger partial charge in [0.25, 0.3) is 0 Å². The molecule has 0 spiro atoms. The fourth-order valence-corrected chi connectivity index (χ4v) is 1.36. The van der Waals surface area contributed by atoms with Crippen LogP contribution in [0.25, 0.3) is 10.9 Å². The molecule has 2 rings (SSSR count). The van der Waals surface area contributed by atoms with Crippen molar-refractivity contribution < 1.29 is 274 Å². The Bertz CT molecular complexity index is 384. The normalized spacial score (nSPS) is 4.88. The van der Waals surface area contributed by atoms with Crippen LogP contribution in [0.2, 0.25) is 0 Å². The Hall–Kier alpha value is 7.71. The van der Waals surface area contributed by atoms with E-state index in [4.69, 9.17) is 0 Å². The monoisotopic (exact) mass is 2540 g/mol. The van der Waals surface area contributed by atoms with Gasteiger partial charge in [0.15, 0.2) is 0 Å². The Kier molecular flexibility index (Phi) is 155. The van der Waals surface area contributed by atoms with Gasteiger partial charge >= 0.3 is 0 Å². The van der Waals surface area contributed by atoms with Gasteiger partial charge in [-0.3, -0.25) is 0 Å². The van der Waals surface area contributed by atoms with Gasteiger partial charge in [0.1, 0.15) is 0 Å². The molecule has 0 unspecified atom stereocenters. The standard InChI is InChI=1S/C10H10N.13W/c1-2-8-7-11-10-6-4-3-5-9(8)10;;;;;;;;;;;;;/h3-7H,2H2,1H3;;;;;;;;;;;;;/q-1;;;;;;;;;;;;;. The molecule has 0 aliphatic rings. The molecule has 0 fully saturated rings. The second kappa shape index (κ2) is 48.2. The minimum absolute atomic E-state index is 0. The first-order valence-corrected chi connectivity index (χ1v) is 3.91. The number of hydrogen-bond acceptors (Lipinski definition) is 0. The van der Waals surface area contributed by atoms with Crippen LogP contribution in [0.1, 0.15) is 12.5 Å². The van der Waals surface area contributed by atoms with Crippen LogP contribution in [0, 0.1) is 0 Å². The third kappa shape index (κ3) is 27.7. The summed E-state index contributed by atoms with van der Waals surface area (Å²) < 4.78 is 0. The average Bonchev–Trinajstić information content (AvgIpc) is 2.47. The van der Waals surface area contributed by atoms with Gasteiger partial charge in [0, 0.05) is 274 Å². The Balaban J connectivity index is -0.0000000111. The van der Waals surface area contributed by atoms with Crippen LogP contribution in [0.5, 0.6) is 0 Å². The zero-order chi connectivity index (χ0) is 7.68. The molecule has 24 heavy (non-hydrogen) atoms. The van der Waals surface area contributed by atoms with Gasteiger partial charge in [-0.1, -0.05) is 36.8 Å². The third-order valence-electron chi connectivity index (χ3n) is 1.99. The fourth-order valence-electron chi connectivity index (χ4n) is 1.36. The van der Waals surface area contributed by atoms with Crippen molar-refractivity contribution in [2.75, 3.05) is 0 Å². The number of para-hydroxylation sites is 1. The molecule has 1 nitrogen and oxygen atoms in total. The van der Waals surface area contributed by atoms with E-state index >= 15 is 0 Å². The van der Waals surface area contributed by atoms with Gasteiger partial charge in [-0.05, 0) is 11.8 Å². The molecule has 0 radical (unpaired) electrons. The number of hydrogen-bond donors (Lipinski definition) is 0. The van der Waals surface area contributed by atoms with Crippen molar-refractivity contribution in [3.05, 3.63) is 36.0 Å². The number of rotatable bonds is 1. The van der Waals surface area contributed by atoms with Crippen molar-refractivity contribution in [2.45, 2.75) is 13.3 Å². The third-order valence-corrected chi connectivity index (χ3v) is 1.99. The van der Waals surface area contributed by atoms with Gasteiger partial charge in [-0.25, -0.2) is 0 Å². The van der Waals surface area contributed by atoms with E-state index in [1.54, 1.807) is 0 Å². The molecule has 2 aromatic rings. The van der Waals surface area contributed by atoms with Crippen molar-refractivity contribution in [2.24, 2.45) is 0 Å². The van der Waals surface area contributed by atoms with Gasteiger partial charge in [-0.2, -0.15) is 6.20 Å². The molecule has 0 aliphatic carbocycles. The molecule has 134 valence electrons. The summed E-state index contributed by atoms with van der Waals surface area (Å²) in [6.07, 6.45) is 3.03. The minimum Gasteiger partial charge on any atom is -0.663 e. The van der Waals surface area contributed by atoms with Crippen molar-refractivity contribution in [3.8, 4) is 0 Å². The van der Waals surface area contributed by atoms with E-state index in [-0.39, 0.29) is 274 Å². The largest absolute Gasteiger partial charge is 0.663 e. The molecule has 14 heteroatoms. The van der Waals surface area contributed by atoms with Crippen LogP contribution in [0.15, 0.2) is 30.5 Å². The van der Waals surface area contributed by atoms with Gasteiger partial charge in [0.2, 0.25) is 0 Å². The number of aromatic nitrogens is 1. The quantitative estimate of drug-likeness (QED) is 0.429. The van der Waals surface area contributed by atoms with Crippen molar-refractivity contribution in [3.63, 3.8) is 0 Å². The van der Waals surface area contributed by atoms with Crippen LogP contribution in [0.3, 0.4) is 0 Å². The zero-order valence-electron chi connectivity index (χ0n) is 11.8. The molecule has 1 heterocycles. The molecule has 0 bridgehead atoms. The maximum absolute atomic E-state index is 4.29. The zero-order valence-corrected chi connectivity index (χ0v) is 50.0. The molecule has 0 saturated heterocycles. The maximum atomic E-state index is 4.29. The first-order chi connectivity index (χ1) is 5.42. The van der Waals surface area contributed by atoms with E-state index < -0.39 is 0 Å². The summed E-state index contributed by atoms with van der Waals surface area (Å²) in [5.41, 5.74) is 2.46. The molecule has 0 saturated carbocycles. The summed E-state index contributed by atoms with van der Waals surface area (Å²) in [5.74, 6) is 0. The van der Waals surface area contributed by atoms with Crippen LogP contribution >= 0.6 is 0 Å². The molecule has 0 N–H and O–H groups in total. The summed E-state index contributed by atoms with van der Waals surface area (Å²) in [7, 11) is 0. The van der Waals surface area contributed by atoms with E-state index in [1.165, 1.54) is 10.9 Å². The number of aryl methyl sites for hydroxylation is 1. The van der Waals surface area contributed by atoms with Crippen LogP contribution < -0.4 is 4.98 Å². The molecular weight excluding hydrogens is 2520 g/mol. The Labute approximate surface area is 331 Å².